The predicted octanol–water partition coefficient (Wildman–Crippen LogP) is 12.5. The number of alkyl halides is 6. The lowest BCUT2D eigenvalue weighted by molar-refractivity contribution is -0.154. The number of amides is 6. The fourth-order valence-corrected chi connectivity index (χ4v) is 10.8. The highest BCUT2D eigenvalue weighted by atomic mass is 35.6. The zero-order valence-corrected chi connectivity index (χ0v) is 67.6. The van der Waals surface area contributed by atoms with Gasteiger partial charge >= 0.3 is 30.0 Å². The number of fused-ring (bicyclic) bond motifs is 2. The fraction of sp³-hybridized carbons (Fsp3) is 0.568. The maximum Gasteiger partial charge on any atom is 0.408 e. The lowest BCUT2D eigenvalue weighted by atomic mass is 9.89. The molecule has 2 saturated heterocycles. The van der Waals surface area contributed by atoms with Gasteiger partial charge in [-0.3, -0.25) is 58.2 Å². The molecule has 0 radical (unpaired) electrons. The normalized spacial score (nSPS) is 16.8. The first-order chi connectivity index (χ1) is 48.4. The van der Waals surface area contributed by atoms with Crippen LogP contribution in [0.5, 0.6) is 0 Å². The number of halogens is 6. The second-order valence-electron chi connectivity index (χ2n) is 29.2. The summed E-state index contributed by atoms with van der Waals surface area (Å²) in [6.07, 6.45) is 7.92. The highest BCUT2D eigenvalue weighted by Crippen LogP contribution is 2.31. The lowest BCUT2D eigenvalue weighted by Gasteiger charge is -2.35. The molecule has 7 atom stereocenters. The van der Waals surface area contributed by atoms with E-state index in [1.54, 1.807) is 88.3 Å². The van der Waals surface area contributed by atoms with Crippen molar-refractivity contribution in [3.8, 4) is 0 Å². The van der Waals surface area contributed by atoms with Crippen LogP contribution in [0.4, 0.5) is 4.79 Å². The number of hydrogen-bond donors (Lipinski definition) is 7. The van der Waals surface area contributed by atoms with Gasteiger partial charge in [0.25, 0.3) is 11.8 Å². The average Bonchev–Trinajstić information content (AvgIpc) is 0.803. The number of esters is 3. The van der Waals surface area contributed by atoms with Crippen LogP contribution in [0.25, 0.3) is 34.0 Å². The molecule has 0 bridgehead atoms. The minimum Gasteiger partial charge on any atom is -0.481 e. The third-order valence-electron chi connectivity index (χ3n) is 16.5. The van der Waals surface area contributed by atoms with E-state index in [4.69, 9.17) is 93.5 Å². The van der Waals surface area contributed by atoms with Crippen molar-refractivity contribution < 1.29 is 72.0 Å². The van der Waals surface area contributed by atoms with Crippen molar-refractivity contribution in [1.82, 2.24) is 52.1 Å². The lowest BCUT2D eigenvalue weighted by Crippen LogP contribution is -2.61. The van der Waals surface area contributed by atoms with E-state index in [1.807, 2.05) is 70.2 Å². The van der Waals surface area contributed by atoms with Crippen LogP contribution in [0.2, 0.25) is 0 Å². The second kappa shape index (κ2) is 39.1. The first-order valence-corrected chi connectivity index (χ1v) is 36.8. The van der Waals surface area contributed by atoms with E-state index in [2.05, 4.69) is 69.1 Å². The van der Waals surface area contributed by atoms with Crippen LogP contribution < -0.4 is 32.1 Å². The van der Waals surface area contributed by atoms with Crippen molar-refractivity contribution >= 4 is 163 Å². The number of pyridine rings is 2. The Morgan fingerprint density at radius 1 is 0.581 bits per heavy atom. The third-order valence-corrected chi connectivity index (χ3v) is 17.2. The Balaban J connectivity index is 0.000000352. The van der Waals surface area contributed by atoms with E-state index in [0.29, 0.717) is 50.4 Å². The van der Waals surface area contributed by atoms with Crippen LogP contribution in [0.3, 0.4) is 0 Å². The fourth-order valence-electron chi connectivity index (χ4n) is 10.5. The number of carboxylic acids is 1. The number of alkyl carbamates (subject to hydrolysis) is 1. The van der Waals surface area contributed by atoms with Gasteiger partial charge in [-0.25, -0.2) is 20.6 Å². The van der Waals surface area contributed by atoms with Gasteiger partial charge in [0.15, 0.2) is 0 Å². The number of carbonyl (C=O) groups is 10. The molecular weight excluding hydrogens is 1480 g/mol. The minimum absolute atomic E-state index is 0.259. The molecule has 2 fully saturated rings. The van der Waals surface area contributed by atoms with Gasteiger partial charge in [0.05, 0.1) is 27.6 Å². The van der Waals surface area contributed by atoms with Crippen molar-refractivity contribution in [1.29, 1.82) is 0 Å². The molecule has 0 saturated carbocycles. The number of hydrazine groups is 2. The quantitative estimate of drug-likeness (QED) is 0.0206. The summed E-state index contributed by atoms with van der Waals surface area (Å²) in [5.74, 6) is -5.04. The summed E-state index contributed by atoms with van der Waals surface area (Å²) in [4.78, 5) is 134. The maximum absolute atomic E-state index is 13.5. The molecule has 0 aliphatic carbocycles. The molecule has 25 nitrogen and oxygen atoms in total. The van der Waals surface area contributed by atoms with E-state index in [0.717, 1.165) is 49.8 Å². The van der Waals surface area contributed by atoms with E-state index < -0.39 is 127 Å². The Morgan fingerprint density at radius 3 is 1.36 bits per heavy atom. The summed E-state index contributed by atoms with van der Waals surface area (Å²) >= 11 is 33.8. The number of carboxylic acid groups (broad SMARTS) is 1. The SMILES string of the molecule is CC(=O)O[C@H](C)c1ccc2c(C)cc(/C=C/C(C)(C)C(=O)O)cc2n1.CC(C)[C@H](NC(=O)OC(C)(C)C)C(=O)N[C@@H](C)C(=O)N1CCC[C@@H](C(=O)OCC(Cl)(Cl)Cl)N1.Cc1cc(/C=C/C(C)(C)C(=O)N[C@H](C(=O)N[C@@H](C)C(=O)N2CCC[C@@H](C(=O)OCC(Cl)(Cl)Cl)N2)C(C)C)cc2nc(C(C)C)ccc12. The van der Waals surface area contributed by atoms with Crippen molar-refractivity contribution in [2.75, 3.05) is 26.3 Å². The molecule has 2 aromatic carbocycles. The smallest absolute Gasteiger partial charge is 0.408 e. The summed E-state index contributed by atoms with van der Waals surface area (Å²) in [6.45, 7) is 33.4. The standard InChI is InChI=1S/C34H46Cl3N5O5.C20H33Cl3N4O6.C20H23NO4/c1-19(2)25-12-11-24-21(5)16-23(17-27(24)39-25)13-14-33(7,8)32(46)40-28(20(3)4)29(43)38-22(6)30(44)42-15-9-10-26(41-42)31(45)47-18-34(35,36)37;1-11(2)14(25-18(31)33-19(4,5)6)15(28)24-12(3)16(29)27-9-7-8-13(26-27)17(30)32-10-20(21,22)23;1-12-10-15(8-9-20(4,5)19(23)24)11-18-16(12)6-7-17(21-18)13(2)25-14(3)22/h11-14,16-17,19-20,22,26,28,41H,9-10,15,18H2,1-8H3,(H,38,43)(H,40,46);11-14,26H,7-10H2,1-6H3,(H,24,28)(H,25,31);6-11,13H,1-5H3,(H,23,24)/b14-13+;;9-8+/t22-,26-,28-;12-,13-,14-;13-/m001/s1. The predicted molar refractivity (Wildman–Crippen MR) is 409 cm³/mol. The van der Waals surface area contributed by atoms with Gasteiger partial charge < -0.3 is 45.3 Å². The zero-order chi connectivity index (χ0) is 79.6. The van der Waals surface area contributed by atoms with Gasteiger partial charge in [-0.2, -0.15) is 0 Å². The zero-order valence-electron chi connectivity index (χ0n) is 63.1. The topological polar surface area (TPSA) is 332 Å². The van der Waals surface area contributed by atoms with Crippen molar-refractivity contribution in [3.05, 3.63) is 94.3 Å². The van der Waals surface area contributed by atoms with E-state index in [1.165, 1.54) is 23.9 Å². The van der Waals surface area contributed by atoms with Crippen LogP contribution in [-0.2, 0) is 62.1 Å². The van der Waals surface area contributed by atoms with Crippen LogP contribution in [0.15, 0.2) is 60.7 Å². The molecule has 0 unspecified atom stereocenters. The molecule has 2 aliphatic rings. The van der Waals surface area contributed by atoms with Gasteiger partial charge in [-0.15, -0.1) is 0 Å². The Kier molecular flexibility index (Phi) is 33.7. The average molecular weight is 1580 g/mol. The Bertz CT molecular complexity index is 3830. The number of carbonyl (C=O) groups excluding carboxylic acids is 9. The highest BCUT2D eigenvalue weighted by molar-refractivity contribution is 6.68. The van der Waals surface area contributed by atoms with Crippen LogP contribution in [0, 0.1) is 36.5 Å². The molecule has 6 rings (SSSR count). The molecule has 2 aliphatic heterocycles. The van der Waals surface area contributed by atoms with E-state index in [-0.39, 0.29) is 23.7 Å². The molecule has 2 aromatic heterocycles. The number of hydrogen-bond acceptors (Lipinski definition) is 18. The number of aryl methyl sites for hydroxylation is 2. The Hall–Kier alpha value is -7.10. The summed E-state index contributed by atoms with van der Waals surface area (Å²) in [6, 6.07) is 10.6. The third kappa shape index (κ3) is 29.5. The number of ether oxygens (including phenoxy) is 4. The van der Waals surface area contributed by atoms with Gasteiger partial charge in [0, 0.05) is 36.5 Å². The number of aliphatic carboxylic acids is 1. The Labute approximate surface area is 645 Å². The molecule has 7 N–H and O–H groups in total. The molecule has 6 amide bonds. The van der Waals surface area contributed by atoms with Crippen LogP contribution >= 0.6 is 69.6 Å². The second-order valence-corrected chi connectivity index (χ2v) is 34.2. The number of rotatable bonds is 23. The van der Waals surface area contributed by atoms with Crippen molar-refractivity contribution in [2.24, 2.45) is 22.7 Å². The summed E-state index contributed by atoms with van der Waals surface area (Å²) in [5.41, 5.74) is 10.3. The number of aromatic nitrogens is 2. The molecule has 0 spiro atoms. The molecule has 4 aromatic rings. The summed E-state index contributed by atoms with van der Waals surface area (Å²) < 4.78 is 16.9. The van der Waals surface area contributed by atoms with E-state index in [9.17, 15) is 53.1 Å². The maximum atomic E-state index is 13.5. The first kappa shape index (κ1) is 90.3. The number of benzene rings is 2. The van der Waals surface area contributed by atoms with Crippen molar-refractivity contribution in [3.63, 3.8) is 0 Å². The first-order valence-electron chi connectivity index (χ1n) is 34.5. The summed E-state index contributed by atoms with van der Waals surface area (Å²) in [7, 11) is 0. The van der Waals surface area contributed by atoms with Gasteiger partial charge in [-0.1, -0.05) is 160 Å². The minimum atomic E-state index is -1.75. The molecule has 31 heteroatoms. The largest absolute Gasteiger partial charge is 0.481 e. The summed E-state index contributed by atoms with van der Waals surface area (Å²) in [5, 5.41) is 24.6. The molecule has 4 heterocycles. The molecule has 105 heavy (non-hydrogen) atoms. The molecule has 580 valence electrons. The number of nitrogens with one attached hydrogen (secondary N) is 6. The Morgan fingerprint density at radius 2 is 0.981 bits per heavy atom. The van der Waals surface area contributed by atoms with Crippen LogP contribution in [-0.4, -0.2) is 160 Å². The van der Waals surface area contributed by atoms with Gasteiger partial charge in [-0.05, 0) is 173 Å². The van der Waals surface area contributed by atoms with Gasteiger partial charge in [0.2, 0.25) is 25.3 Å². The van der Waals surface area contributed by atoms with E-state index >= 15 is 0 Å². The monoisotopic (exact) mass is 1580 g/mol. The number of nitrogens with zero attached hydrogens (tertiary/aromatic N) is 4. The van der Waals surface area contributed by atoms with Gasteiger partial charge in [0.1, 0.15) is 61.2 Å². The molecular formula is C74H102Cl6N10O15. The van der Waals surface area contributed by atoms with Crippen molar-refractivity contribution in [2.45, 2.75) is 219 Å². The van der Waals surface area contributed by atoms with Crippen LogP contribution in [0.1, 0.15) is 189 Å². The highest BCUT2D eigenvalue weighted by Gasteiger charge is 2.38.